The van der Waals surface area contributed by atoms with Gasteiger partial charge >= 0.3 is 0 Å². The normalized spacial score (nSPS) is 11.2. The Labute approximate surface area is 144 Å². The van der Waals surface area contributed by atoms with E-state index in [9.17, 15) is 8.42 Å². The first kappa shape index (κ1) is 16.4. The van der Waals surface area contributed by atoms with E-state index in [1.54, 1.807) is 19.2 Å². The second kappa shape index (κ2) is 6.60. The number of thiazole rings is 1. The number of rotatable bonds is 5. The molecule has 0 amide bonds. The van der Waals surface area contributed by atoms with Gasteiger partial charge in [0.15, 0.2) is 5.13 Å². The quantitative estimate of drug-likeness (QED) is 0.728. The van der Waals surface area contributed by atoms with Crippen molar-refractivity contribution in [3.05, 3.63) is 53.9 Å². The monoisotopic (exact) mass is 361 g/mol. The minimum Gasteiger partial charge on any atom is -0.497 e. The molecule has 3 aromatic rings. The average Bonchev–Trinajstić information content (AvgIpc) is 3.03. The molecule has 0 aliphatic carbocycles. The zero-order valence-electron chi connectivity index (χ0n) is 12.8. The Morgan fingerprint density at radius 3 is 2.58 bits per heavy atom. The maximum atomic E-state index is 11.3. The van der Waals surface area contributed by atoms with Crippen LogP contribution >= 0.6 is 11.3 Å². The molecule has 0 radical (unpaired) electrons. The third-order valence-corrected chi connectivity index (χ3v) is 4.99. The first-order chi connectivity index (χ1) is 11.5. The van der Waals surface area contributed by atoms with Crippen LogP contribution in [-0.4, -0.2) is 20.5 Å². The largest absolute Gasteiger partial charge is 0.497 e. The van der Waals surface area contributed by atoms with Crippen LogP contribution in [0, 0.1) is 0 Å². The number of primary sulfonamides is 1. The van der Waals surface area contributed by atoms with Crippen LogP contribution in [0.2, 0.25) is 0 Å². The summed E-state index contributed by atoms with van der Waals surface area (Å²) in [6, 6.07) is 13.9. The van der Waals surface area contributed by atoms with Crippen molar-refractivity contribution in [2.45, 2.75) is 4.90 Å². The van der Waals surface area contributed by atoms with E-state index in [0.29, 0.717) is 0 Å². The number of nitrogens with one attached hydrogen (secondary N) is 1. The van der Waals surface area contributed by atoms with Crippen LogP contribution in [-0.2, 0) is 10.0 Å². The lowest BCUT2D eigenvalue weighted by Gasteiger charge is -2.05. The lowest BCUT2D eigenvalue weighted by Crippen LogP contribution is -2.11. The molecule has 0 spiro atoms. The third kappa shape index (κ3) is 3.73. The highest BCUT2D eigenvalue weighted by Gasteiger charge is 2.09. The first-order valence-corrected chi connectivity index (χ1v) is 9.38. The summed E-state index contributed by atoms with van der Waals surface area (Å²) in [5, 5.41) is 10.9. The van der Waals surface area contributed by atoms with E-state index in [1.165, 1.54) is 23.5 Å². The molecule has 124 valence electrons. The summed E-state index contributed by atoms with van der Waals surface area (Å²) in [6.07, 6.45) is 0. The topological polar surface area (TPSA) is 94.3 Å². The fraction of sp³-hybridized carbons (Fsp3) is 0.0625. The Hall–Kier alpha value is -2.42. The molecule has 24 heavy (non-hydrogen) atoms. The second-order valence-corrected chi connectivity index (χ2v) is 7.38. The number of nitrogens with two attached hydrogens (primary N) is 1. The summed E-state index contributed by atoms with van der Waals surface area (Å²) in [4.78, 5) is 4.59. The van der Waals surface area contributed by atoms with E-state index in [4.69, 9.17) is 9.88 Å². The smallest absolute Gasteiger partial charge is 0.238 e. The molecule has 0 aliphatic rings. The molecule has 8 heteroatoms. The van der Waals surface area contributed by atoms with Crippen LogP contribution in [0.4, 0.5) is 10.8 Å². The SMILES string of the molecule is COc1cccc(Nc2nc(-c3ccc(S(N)(=O)=O)cc3)cs2)c1. The van der Waals surface area contributed by atoms with Crippen molar-refractivity contribution < 1.29 is 13.2 Å². The van der Waals surface area contributed by atoms with Crippen molar-refractivity contribution in [2.24, 2.45) is 5.14 Å². The maximum absolute atomic E-state index is 11.3. The number of hydrogen-bond donors (Lipinski definition) is 2. The van der Waals surface area contributed by atoms with E-state index >= 15 is 0 Å². The second-order valence-electron chi connectivity index (χ2n) is 4.96. The number of benzene rings is 2. The fourth-order valence-corrected chi connectivity index (χ4v) is 3.36. The van der Waals surface area contributed by atoms with Crippen molar-refractivity contribution >= 4 is 32.2 Å². The van der Waals surface area contributed by atoms with Crippen molar-refractivity contribution in [1.82, 2.24) is 4.98 Å². The number of hydrogen-bond acceptors (Lipinski definition) is 6. The molecule has 1 aromatic heterocycles. The Morgan fingerprint density at radius 2 is 1.92 bits per heavy atom. The van der Waals surface area contributed by atoms with Gasteiger partial charge in [-0.15, -0.1) is 11.3 Å². The fourth-order valence-electron chi connectivity index (χ4n) is 2.10. The molecule has 1 heterocycles. The Morgan fingerprint density at radius 1 is 1.17 bits per heavy atom. The van der Waals surface area contributed by atoms with Crippen LogP contribution in [0.1, 0.15) is 0 Å². The van der Waals surface area contributed by atoms with Crippen molar-refractivity contribution in [3.8, 4) is 17.0 Å². The van der Waals surface area contributed by atoms with Gasteiger partial charge in [0.25, 0.3) is 0 Å². The minimum atomic E-state index is -3.69. The van der Waals surface area contributed by atoms with Gasteiger partial charge in [0.05, 0.1) is 17.7 Å². The molecule has 6 nitrogen and oxygen atoms in total. The van der Waals surface area contributed by atoms with Crippen molar-refractivity contribution in [2.75, 3.05) is 12.4 Å². The van der Waals surface area contributed by atoms with Gasteiger partial charge in [0.2, 0.25) is 10.0 Å². The molecule has 0 saturated carbocycles. The number of sulfonamides is 1. The number of aromatic nitrogens is 1. The molecule has 0 bridgehead atoms. The zero-order chi connectivity index (χ0) is 17.2. The minimum absolute atomic E-state index is 0.0798. The number of ether oxygens (including phenoxy) is 1. The Bertz CT molecular complexity index is 951. The first-order valence-electron chi connectivity index (χ1n) is 6.95. The zero-order valence-corrected chi connectivity index (χ0v) is 14.4. The number of nitrogens with zero attached hydrogens (tertiary/aromatic N) is 1. The number of methoxy groups -OCH3 is 1. The molecule has 0 aliphatic heterocycles. The van der Waals surface area contributed by atoms with Gasteiger partial charge in [-0.3, -0.25) is 0 Å². The molecule has 0 fully saturated rings. The van der Waals surface area contributed by atoms with Crippen LogP contribution in [0.15, 0.2) is 58.8 Å². The third-order valence-electron chi connectivity index (χ3n) is 3.30. The molecule has 0 unspecified atom stereocenters. The standard InChI is InChI=1S/C16H15N3O3S2/c1-22-13-4-2-3-12(9-13)18-16-19-15(10-23-16)11-5-7-14(8-6-11)24(17,20)21/h2-10H,1H3,(H,18,19)(H2,17,20,21). The van der Waals surface area contributed by atoms with Crippen molar-refractivity contribution in [1.29, 1.82) is 0 Å². The van der Waals surface area contributed by atoms with E-state index < -0.39 is 10.0 Å². The predicted octanol–water partition coefficient (Wildman–Crippen LogP) is 3.21. The number of anilines is 2. The van der Waals surface area contributed by atoms with Gasteiger partial charge in [-0.05, 0) is 24.3 Å². The van der Waals surface area contributed by atoms with Gasteiger partial charge in [-0.1, -0.05) is 18.2 Å². The summed E-state index contributed by atoms with van der Waals surface area (Å²) in [7, 11) is -2.07. The predicted molar refractivity (Wildman–Crippen MR) is 95.2 cm³/mol. The molecular weight excluding hydrogens is 346 g/mol. The van der Waals surface area contributed by atoms with Crippen LogP contribution in [0.25, 0.3) is 11.3 Å². The maximum Gasteiger partial charge on any atom is 0.238 e. The molecule has 3 rings (SSSR count). The van der Waals surface area contributed by atoms with E-state index in [0.717, 1.165) is 27.8 Å². The summed E-state index contributed by atoms with van der Waals surface area (Å²) in [5.74, 6) is 0.760. The highest BCUT2D eigenvalue weighted by atomic mass is 32.2. The molecule has 2 aromatic carbocycles. The summed E-state index contributed by atoms with van der Waals surface area (Å²) >= 11 is 1.46. The van der Waals surface area contributed by atoms with Crippen LogP contribution in [0.5, 0.6) is 5.75 Å². The van der Waals surface area contributed by atoms with Gasteiger partial charge in [0.1, 0.15) is 5.75 Å². The highest BCUT2D eigenvalue weighted by molar-refractivity contribution is 7.89. The summed E-state index contributed by atoms with van der Waals surface area (Å²) in [6.45, 7) is 0. The molecular formula is C16H15N3O3S2. The Kier molecular flexibility index (Phi) is 4.52. The van der Waals surface area contributed by atoms with Crippen LogP contribution < -0.4 is 15.2 Å². The highest BCUT2D eigenvalue weighted by Crippen LogP contribution is 2.28. The van der Waals surface area contributed by atoms with E-state index in [2.05, 4.69) is 10.3 Å². The van der Waals surface area contributed by atoms with Gasteiger partial charge in [0, 0.05) is 22.7 Å². The van der Waals surface area contributed by atoms with Gasteiger partial charge in [-0.25, -0.2) is 18.5 Å². The van der Waals surface area contributed by atoms with Crippen LogP contribution in [0.3, 0.4) is 0 Å². The summed E-state index contributed by atoms with van der Waals surface area (Å²) < 4.78 is 27.8. The lowest BCUT2D eigenvalue weighted by atomic mass is 10.2. The molecule has 0 saturated heterocycles. The molecule has 3 N–H and O–H groups in total. The van der Waals surface area contributed by atoms with E-state index in [-0.39, 0.29) is 4.90 Å². The summed E-state index contributed by atoms with van der Waals surface area (Å²) in [5.41, 5.74) is 2.45. The van der Waals surface area contributed by atoms with Gasteiger partial charge in [-0.2, -0.15) is 0 Å². The Balaban J connectivity index is 1.80. The van der Waals surface area contributed by atoms with E-state index in [1.807, 2.05) is 29.6 Å². The lowest BCUT2D eigenvalue weighted by molar-refractivity contribution is 0.415. The van der Waals surface area contributed by atoms with Crippen molar-refractivity contribution in [3.63, 3.8) is 0 Å². The molecule has 0 atom stereocenters. The van der Waals surface area contributed by atoms with Gasteiger partial charge < -0.3 is 10.1 Å². The average molecular weight is 361 g/mol.